The molecule has 0 aromatic heterocycles. The van der Waals surface area contributed by atoms with E-state index in [1.807, 2.05) is 0 Å². The average Bonchev–Trinajstić information content (AvgIpc) is 0.962. The van der Waals surface area contributed by atoms with Crippen LogP contribution in [0.3, 0.4) is 0 Å². The minimum absolute atomic E-state index is 0.719. The van der Waals surface area contributed by atoms with Crippen molar-refractivity contribution in [2.24, 2.45) is 0 Å². The summed E-state index contributed by atoms with van der Waals surface area (Å²) < 4.78 is 74.1. The maximum atomic E-state index is 8.93. The molecule has 0 aliphatic heterocycles. The van der Waals surface area contributed by atoms with Gasteiger partial charge in [0.2, 0.25) is 0 Å². The molecule has 0 aromatic carbocycles. The number of carbonyl (C=O) groups is 4. The van der Waals surface area contributed by atoms with Gasteiger partial charge in [-0.25, -0.2) is 0 Å². The molecular weight excluding hydrogens is 1520 g/mol. The Morgan fingerprint density at radius 1 is 0.196 bits per heavy atom. The Balaban J connectivity index is -0.000000124. The second-order valence-corrected chi connectivity index (χ2v) is 58.6. The number of hydrogen-bond acceptors (Lipinski definition) is 25. The standard InChI is InChI=1S/7C10H24O2P.2C2H2O4.BO3/c7*1-5-13(6-2,7-3)10-12-9-8-11-4;2*3-1(4)2(5)6;2-1(3)4/h7*5-10H2,1-4H3;2*(H,3,4)(H,5,6);/q7*+1;;;-3/p-4. The fraction of sp³-hybridized carbons (Fsp3) is 0.946. The van der Waals surface area contributed by atoms with Gasteiger partial charge in [0.05, 0.1) is 246 Å². The highest BCUT2D eigenvalue weighted by Crippen LogP contribution is 2.61. The van der Waals surface area contributed by atoms with E-state index in [1.165, 1.54) is 129 Å². The number of hydrogen-bond donors (Lipinski definition) is 0. The Hall–Kier alpha value is 0.275. The Kier molecular flexibility index (Phi) is 110. The van der Waals surface area contributed by atoms with E-state index in [9.17, 15) is 0 Å². The fourth-order valence-electron chi connectivity index (χ4n) is 9.42. The van der Waals surface area contributed by atoms with Crippen LogP contribution in [0.15, 0.2) is 0 Å². The Morgan fingerprint density at radius 3 is 0.318 bits per heavy atom. The Bertz CT molecular complexity index is 1420. The summed E-state index contributed by atoms with van der Waals surface area (Å²) in [5, 5.41) is 61.0. The molecule has 0 N–H and O–H groups in total. The van der Waals surface area contributed by atoms with Crippen LogP contribution in [0.1, 0.15) is 145 Å². The molecule has 0 aliphatic carbocycles. The van der Waals surface area contributed by atoms with E-state index in [-0.39, 0.29) is 0 Å². The summed E-state index contributed by atoms with van der Waals surface area (Å²) in [7, 11) is 3.78. The lowest BCUT2D eigenvalue weighted by Gasteiger charge is -2.35. The van der Waals surface area contributed by atoms with Crippen molar-refractivity contribution in [1.29, 1.82) is 0 Å². The van der Waals surface area contributed by atoms with Crippen molar-refractivity contribution in [3.8, 4) is 0 Å². The topological polar surface area (TPSA) is 359 Å². The van der Waals surface area contributed by atoms with Crippen LogP contribution in [-0.2, 0) is 85.5 Å². The SMILES string of the molecule is CC[P+](CC)(CC)COCCOC.CC[P+](CC)(CC)COCCOC.CC[P+](CC)(CC)COCCOC.CC[P+](CC)(CC)COCCOC.CC[P+](CC)(CC)COCCOC.CC[P+](CC)(CC)COCCOC.CC[P+](CC)(CC)COCCOC.O=C([O-])C(=O)[O-].O=C([O-])C(=O)[O-].[O-]B([O-])[O-]. The van der Waals surface area contributed by atoms with Gasteiger partial charge in [-0.05, 0) is 145 Å². The van der Waals surface area contributed by atoms with E-state index in [0.717, 1.165) is 137 Å². The predicted molar refractivity (Wildman–Crippen MR) is 454 cm³/mol. The van der Waals surface area contributed by atoms with Crippen LogP contribution >= 0.6 is 50.8 Å². The number of aliphatic carboxylic acids is 4. The number of ether oxygens (including phenoxy) is 14. The molecule has 0 fully saturated rings. The van der Waals surface area contributed by atoms with Crippen LogP contribution in [0, 0.1) is 0 Å². The second-order valence-electron chi connectivity index (χ2n) is 24.7. The van der Waals surface area contributed by atoms with Crippen molar-refractivity contribution in [2.75, 3.05) is 316 Å². The van der Waals surface area contributed by atoms with E-state index >= 15 is 0 Å². The predicted octanol–water partition coefficient (Wildman–Crippen LogP) is 7.81. The molecule has 0 saturated heterocycles. The van der Waals surface area contributed by atoms with Crippen LogP contribution in [0.4, 0.5) is 0 Å². The third-order valence-electron chi connectivity index (χ3n) is 20.0. The number of methoxy groups -OCH3 is 7. The van der Waals surface area contributed by atoms with E-state index < -0.39 is 82.0 Å². The van der Waals surface area contributed by atoms with Crippen molar-refractivity contribution in [3.05, 3.63) is 0 Å². The molecule has 0 aromatic rings. The molecule has 0 bridgehead atoms. The van der Waals surface area contributed by atoms with Crippen LogP contribution in [0.5, 0.6) is 0 Å². The first-order valence-corrected chi connectivity index (χ1v) is 56.7. The van der Waals surface area contributed by atoms with Gasteiger partial charge in [-0.2, -0.15) is 0 Å². The maximum absolute atomic E-state index is 8.93. The van der Waals surface area contributed by atoms with Gasteiger partial charge in [0.25, 0.3) is 0 Å². The van der Waals surface area contributed by atoms with Crippen molar-refractivity contribution in [3.63, 3.8) is 0 Å². The van der Waals surface area contributed by atoms with Gasteiger partial charge in [0.1, 0.15) is 0 Å². The molecule has 0 amide bonds. The number of carboxylic acids is 4. The van der Waals surface area contributed by atoms with Gasteiger partial charge in [-0.15, -0.1) is 0 Å². The largest absolute Gasteiger partial charge is 0.907 e. The summed E-state index contributed by atoms with van der Waals surface area (Å²) in [4.78, 5) is 35.7. The van der Waals surface area contributed by atoms with E-state index in [1.54, 1.807) is 49.8 Å². The first-order chi connectivity index (χ1) is 50.7. The molecule has 25 nitrogen and oxygen atoms in total. The molecule has 652 valence electrons. The average molecular weight is 1690 g/mol. The van der Waals surface area contributed by atoms with Gasteiger partial charge < -0.3 is 121 Å². The summed E-state index contributed by atoms with van der Waals surface area (Å²) in [6.07, 6.45) is 34.5. The van der Waals surface area contributed by atoms with Crippen molar-refractivity contribution < 1.29 is 121 Å². The zero-order chi connectivity index (χ0) is 85.0. The van der Waals surface area contributed by atoms with Crippen LogP contribution < -0.4 is 35.5 Å². The number of carboxylic acid groups (broad SMARTS) is 4. The first-order valence-electron chi connectivity index (χ1n) is 39.0. The fourth-order valence-corrected chi connectivity index (χ4v) is 26.3. The second kappa shape index (κ2) is 91.8. The lowest BCUT2D eigenvalue weighted by atomic mass is 10.3. The van der Waals surface area contributed by atoms with Crippen LogP contribution in [0.25, 0.3) is 0 Å². The molecule has 0 unspecified atom stereocenters. The highest BCUT2D eigenvalue weighted by atomic mass is 31.2. The number of rotatable bonds is 56. The summed E-state index contributed by atoms with van der Waals surface area (Å²) in [6.45, 7) is 58.4. The lowest BCUT2D eigenvalue weighted by Crippen LogP contribution is -2.56. The third kappa shape index (κ3) is 79.9. The molecule has 107 heavy (non-hydrogen) atoms. The normalized spacial score (nSPS) is 11.3. The molecular formula is C74H168BO25P7. The minimum atomic E-state index is -2.92. The quantitative estimate of drug-likeness (QED) is 0.0242. The smallest absolute Gasteiger partial charge is 0.157 e. The first kappa shape index (κ1) is 128. The molecule has 0 aliphatic rings. The lowest BCUT2D eigenvalue weighted by molar-refractivity contribution is -0.479. The zero-order valence-corrected chi connectivity index (χ0v) is 79.9. The molecule has 0 spiro atoms. The molecule has 0 heterocycles. The molecule has 0 atom stereocenters. The molecule has 33 heteroatoms. The third-order valence-corrected chi connectivity index (χ3v) is 53.3. The highest BCUT2D eigenvalue weighted by molar-refractivity contribution is 7.77. The Morgan fingerprint density at radius 2 is 0.271 bits per heavy atom. The van der Waals surface area contributed by atoms with Gasteiger partial charge in [0.15, 0.2) is 44.4 Å². The molecule has 0 rings (SSSR count). The minimum Gasteiger partial charge on any atom is -0.907 e. The number of carbonyl (C=O) groups excluding carboxylic acids is 4. The van der Waals surface area contributed by atoms with Crippen molar-refractivity contribution in [2.45, 2.75) is 145 Å². The van der Waals surface area contributed by atoms with Gasteiger partial charge >= 0.3 is 0 Å². The monoisotopic (exact) mass is 1690 g/mol. The highest BCUT2D eigenvalue weighted by Gasteiger charge is 2.36. The zero-order valence-electron chi connectivity index (χ0n) is 73.6. The summed E-state index contributed by atoms with van der Waals surface area (Å²) in [5.41, 5.74) is 0. The summed E-state index contributed by atoms with van der Waals surface area (Å²) in [6, 6.07) is 0. The molecule has 0 radical (unpaired) electrons. The van der Waals surface area contributed by atoms with Crippen LogP contribution in [-0.4, -0.2) is 347 Å². The van der Waals surface area contributed by atoms with Gasteiger partial charge in [0, 0.05) is 101 Å². The Labute approximate surface area is 661 Å². The van der Waals surface area contributed by atoms with E-state index in [4.69, 9.17) is 121 Å². The van der Waals surface area contributed by atoms with Crippen LogP contribution in [0.2, 0.25) is 0 Å². The van der Waals surface area contributed by atoms with E-state index in [0.29, 0.717) is 0 Å². The summed E-state index contributed by atoms with van der Waals surface area (Å²) in [5.74, 6) is -8.74. The van der Waals surface area contributed by atoms with Gasteiger partial charge in [-0.3, -0.25) is 7.32 Å². The van der Waals surface area contributed by atoms with Crippen molar-refractivity contribution in [1.82, 2.24) is 0 Å². The summed E-state index contributed by atoms with van der Waals surface area (Å²) >= 11 is 0. The van der Waals surface area contributed by atoms with Gasteiger partial charge in [-0.1, -0.05) is 0 Å². The maximum Gasteiger partial charge on any atom is 0.157 e. The van der Waals surface area contributed by atoms with Crippen molar-refractivity contribution >= 4 is 82.0 Å². The van der Waals surface area contributed by atoms with E-state index in [2.05, 4.69) is 145 Å². The molecule has 0 saturated carbocycles.